The second kappa shape index (κ2) is 9.83. The highest BCUT2D eigenvalue weighted by Crippen LogP contribution is 2.24. The number of rotatable bonds is 9. The van der Waals surface area contributed by atoms with Gasteiger partial charge in [0.1, 0.15) is 5.82 Å². The molecule has 0 unspecified atom stereocenters. The molecule has 32 heavy (non-hydrogen) atoms. The number of nitrogens with one attached hydrogen (secondary N) is 1. The molecule has 1 amide bonds. The monoisotopic (exact) mass is 456 g/mol. The van der Waals surface area contributed by atoms with Gasteiger partial charge in [-0.3, -0.25) is 4.79 Å². The average molecular weight is 457 g/mol. The van der Waals surface area contributed by atoms with E-state index in [1.165, 1.54) is 4.31 Å². The Balaban J connectivity index is 1.79. The third kappa shape index (κ3) is 4.71. The molecular weight excluding hydrogens is 424 g/mol. The standard InChI is InChI=1S/C24H32N4O3S/c1-6-18-11-9-10-17(4)24(18)26-23(29)15-14-22-25-20-16-19(12-13-21(20)27(22)5)32(30,31)28(7-2)8-3/h9-13,16H,6-8,14-15H2,1-5H3,(H,26,29). The van der Waals surface area contributed by atoms with E-state index in [1.807, 2.05) is 50.6 Å². The van der Waals surface area contributed by atoms with Gasteiger partial charge in [0.15, 0.2) is 0 Å². The Labute approximate surface area is 190 Å². The summed E-state index contributed by atoms with van der Waals surface area (Å²) in [6.07, 6.45) is 1.60. The zero-order valence-electron chi connectivity index (χ0n) is 19.5. The van der Waals surface area contributed by atoms with Gasteiger partial charge in [0.25, 0.3) is 0 Å². The molecule has 1 aromatic heterocycles. The van der Waals surface area contributed by atoms with Gasteiger partial charge < -0.3 is 9.88 Å². The van der Waals surface area contributed by atoms with Crippen LogP contribution in [0.4, 0.5) is 5.69 Å². The molecule has 1 heterocycles. The summed E-state index contributed by atoms with van der Waals surface area (Å²) >= 11 is 0. The van der Waals surface area contributed by atoms with E-state index in [4.69, 9.17) is 0 Å². The maximum Gasteiger partial charge on any atom is 0.243 e. The van der Waals surface area contributed by atoms with E-state index in [0.717, 1.165) is 34.6 Å². The topological polar surface area (TPSA) is 84.3 Å². The maximum absolute atomic E-state index is 12.8. The SMILES string of the molecule is CCc1cccc(C)c1NC(=O)CCc1nc2cc(S(=O)(=O)N(CC)CC)ccc2n1C. The minimum absolute atomic E-state index is 0.0640. The van der Waals surface area contributed by atoms with Gasteiger partial charge in [-0.15, -0.1) is 0 Å². The molecule has 8 heteroatoms. The first-order valence-electron chi connectivity index (χ1n) is 11.1. The number of para-hydroxylation sites is 1. The lowest BCUT2D eigenvalue weighted by Gasteiger charge is -2.18. The molecule has 0 radical (unpaired) electrons. The third-order valence-corrected chi connectivity index (χ3v) is 7.91. The Morgan fingerprint density at radius 1 is 1.12 bits per heavy atom. The van der Waals surface area contributed by atoms with Gasteiger partial charge >= 0.3 is 0 Å². The first-order valence-corrected chi connectivity index (χ1v) is 12.5. The highest BCUT2D eigenvalue weighted by molar-refractivity contribution is 7.89. The number of sulfonamides is 1. The Hall–Kier alpha value is -2.71. The number of aryl methyl sites for hydroxylation is 4. The molecule has 1 N–H and O–H groups in total. The molecule has 0 aliphatic heterocycles. The molecule has 0 bridgehead atoms. The molecular formula is C24H32N4O3S. The number of aromatic nitrogens is 2. The van der Waals surface area contributed by atoms with Crippen molar-refractivity contribution in [1.82, 2.24) is 13.9 Å². The number of nitrogens with zero attached hydrogens (tertiary/aromatic N) is 3. The third-order valence-electron chi connectivity index (χ3n) is 5.87. The number of carbonyl (C=O) groups excluding carboxylic acids is 1. The lowest BCUT2D eigenvalue weighted by atomic mass is 10.1. The summed E-state index contributed by atoms with van der Waals surface area (Å²) in [5.41, 5.74) is 4.50. The Bertz CT molecular complexity index is 1230. The fourth-order valence-electron chi connectivity index (χ4n) is 3.96. The number of hydrogen-bond acceptors (Lipinski definition) is 4. The second-order valence-corrected chi connectivity index (χ2v) is 9.78. The fraction of sp³-hybridized carbons (Fsp3) is 0.417. The maximum atomic E-state index is 12.8. The molecule has 0 spiro atoms. The second-order valence-electron chi connectivity index (χ2n) is 7.84. The largest absolute Gasteiger partial charge is 0.331 e. The van der Waals surface area contributed by atoms with Crippen molar-refractivity contribution in [2.24, 2.45) is 7.05 Å². The van der Waals surface area contributed by atoms with Crippen LogP contribution in [0.3, 0.4) is 0 Å². The lowest BCUT2D eigenvalue weighted by Crippen LogP contribution is -2.30. The van der Waals surface area contributed by atoms with Gasteiger partial charge in [-0.1, -0.05) is 39.0 Å². The summed E-state index contributed by atoms with van der Waals surface area (Å²) in [6.45, 7) is 8.54. The van der Waals surface area contributed by atoms with Crippen LogP contribution >= 0.6 is 0 Å². The Morgan fingerprint density at radius 3 is 2.50 bits per heavy atom. The molecule has 0 fully saturated rings. The molecule has 0 saturated heterocycles. The molecule has 0 aliphatic rings. The van der Waals surface area contributed by atoms with Crippen LogP contribution in [-0.4, -0.2) is 41.3 Å². The molecule has 0 atom stereocenters. The van der Waals surface area contributed by atoms with Gasteiger partial charge in [-0.25, -0.2) is 13.4 Å². The quantitative estimate of drug-likeness (QED) is 0.527. The van der Waals surface area contributed by atoms with Crippen LogP contribution in [0.25, 0.3) is 11.0 Å². The van der Waals surface area contributed by atoms with E-state index in [1.54, 1.807) is 18.2 Å². The van der Waals surface area contributed by atoms with Crippen molar-refractivity contribution in [3.8, 4) is 0 Å². The van der Waals surface area contributed by atoms with Crippen LogP contribution in [0.5, 0.6) is 0 Å². The number of amides is 1. The van der Waals surface area contributed by atoms with Gasteiger partial charge in [0, 0.05) is 38.7 Å². The molecule has 3 aromatic rings. The van der Waals surface area contributed by atoms with Crippen molar-refractivity contribution in [1.29, 1.82) is 0 Å². The number of imidazole rings is 1. The molecule has 0 aliphatic carbocycles. The Kier molecular flexibility index (Phi) is 7.36. The number of hydrogen-bond donors (Lipinski definition) is 1. The van der Waals surface area contributed by atoms with Gasteiger partial charge in [-0.2, -0.15) is 4.31 Å². The zero-order chi connectivity index (χ0) is 23.5. The van der Waals surface area contributed by atoms with Gasteiger partial charge in [-0.05, 0) is 42.7 Å². The first kappa shape index (κ1) is 23.9. The normalized spacial score (nSPS) is 11.9. The summed E-state index contributed by atoms with van der Waals surface area (Å²) < 4.78 is 29.0. The van der Waals surface area contributed by atoms with E-state index in [-0.39, 0.29) is 10.8 Å². The molecule has 7 nitrogen and oxygen atoms in total. The Morgan fingerprint density at radius 2 is 1.84 bits per heavy atom. The molecule has 2 aromatic carbocycles. The predicted octanol–water partition coefficient (Wildman–Crippen LogP) is 4.05. The van der Waals surface area contributed by atoms with E-state index in [0.29, 0.717) is 31.4 Å². The van der Waals surface area contributed by atoms with Crippen molar-refractivity contribution in [3.05, 3.63) is 53.3 Å². The number of carbonyl (C=O) groups is 1. The van der Waals surface area contributed by atoms with Crippen molar-refractivity contribution in [3.63, 3.8) is 0 Å². The van der Waals surface area contributed by atoms with E-state index in [2.05, 4.69) is 17.2 Å². The summed E-state index contributed by atoms with van der Waals surface area (Å²) in [4.78, 5) is 17.5. The lowest BCUT2D eigenvalue weighted by molar-refractivity contribution is -0.116. The van der Waals surface area contributed by atoms with Gasteiger partial charge in [0.2, 0.25) is 15.9 Å². The average Bonchev–Trinajstić information content (AvgIpc) is 3.09. The van der Waals surface area contributed by atoms with Gasteiger partial charge in [0.05, 0.1) is 15.9 Å². The van der Waals surface area contributed by atoms with Crippen molar-refractivity contribution in [2.45, 2.75) is 51.9 Å². The summed E-state index contributed by atoms with van der Waals surface area (Å²) in [5, 5.41) is 3.05. The first-order chi connectivity index (χ1) is 15.2. The van der Waals surface area contributed by atoms with Crippen LogP contribution in [0, 0.1) is 6.92 Å². The number of fused-ring (bicyclic) bond motifs is 1. The fourth-order valence-corrected chi connectivity index (χ4v) is 5.43. The van der Waals surface area contributed by atoms with Crippen LogP contribution in [0.15, 0.2) is 41.3 Å². The zero-order valence-corrected chi connectivity index (χ0v) is 20.3. The number of anilines is 1. The molecule has 172 valence electrons. The highest BCUT2D eigenvalue weighted by atomic mass is 32.2. The van der Waals surface area contributed by atoms with E-state index >= 15 is 0 Å². The summed E-state index contributed by atoms with van der Waals surface area (Å²) in [6, 6.07) is 11.0. The van der Waals surface area contributed by atoms with Crippen LogP contribution in [0.1, 0.15) is 44.1 Å². The smallest absolute Gasteiger partial charge is 0.243 e. The predicted molar refractivity (Wildman–Crippen MR) is 128 cm³/mol. The molecule has 3 rings (SSSR count). The van der Waals surface area contributed by atoms with E-state index in [9.17, 15) is 13.2 Å². The molecule has 0 saturated carbocycles. The van der Waals surface area contributed by atoms with Crippen molar-refractivity contribution >= 4 is 32.7 Å². The van der Waals surface area contributed by atoms with E-state index < -0.39 is 10.0 Å². The highest BCUT2D eigenvalue weighted by Gasteiger charge is 2.23. The summed E-state index contributed by atoms with van der Waals surface area (Å²) in [5.74, 6) is 0.680. The van der Waals surface area contributed by atoms with Crippen LogP contribution in [-0.2, 0) is 34.7 Å². The van der Waals surface area contributed by atoms with Crippen LogP contribution in [0.2, 0.25) is 0 Å². The minimum atomic E-state index is -3.55. The van der Waals surface area contributed by atoms with Crippen molar-refractivity contribution < 1.29 is 13.2 Å². The summed E-state index contributed by atoms with van der Waals surface area (Å²) in [7, 11) is -1.66. The van der Waals surface area contributed by atoms with Crippen LogP contribution < -0.4 is 5.32 Å². The van der Waals surface area contributed by atoms with Crippen molar-refractivity contribution in [2.75, 3.05) is 18.4 Å². The number of benzene rings is 2. The minimum Gasteiger partial charge on any atom is -0.331 e.